The largest absolute Gasteiger partial charge is 0.493 e. The lowest BCUT2D eigenvalue weighted by atomic mass is 9.81. The van der Waals surface area contributed by atoms with E-state index in [4.69, 9.17) is 4.74 Å². The fraction of sp³-hybridized carbons (Fsp3) is 0.710. The van der Waals surface area contributed by atoms with Gasteiger partial charge in [-0.05, 0) is 45.6 Å². The third-order valence-corrected chi connectivity index (χ3v) is 9.69. The minimum Gasteiger partial charge on any atom is -0.493 e. The second-order valence-electron chi connectivity index (χ2n) is 13.7. The summed E-state index contributed by atoms with van der Waals surface area (Å²) in [5, 5.41) is 23.9. The summed E-state index contributed by atoms with van der Waals surface area (Å²) in [6.07, 6.45) is -2.46. The quantitative estimate of drug-likeness (QED) is 0.454. The van der Waals surface area contributed by atoms with Gasteiger partial charge in [-0.2, -0.15) is 13.2 Å². The number of hydrogen-bond acceptors (Lipinski definition) is 6. The lowest BCUT2D eigenvalue weighted by Crippen LogP contribution is -2.68. The molecule has 4 aliphatic rings. The fourth-order valence-electron chi connectivity index (χ4n) is 7.52. The molecule has 1 aliphatic carbocycles. The van der Waals surface area contributed by atoms with Crippen LogP contribution in [-0.4, -0.2) is 105 Å². The van der Waals surface area contributed by atoms with Crippen molar-refractivity contribution in [1.29, 1.82) is 0 Å². The molecule has 0 radical (unpaired) electrons. The van der Waals surface area contributed by atoms with Crippen LogP contribution < -0.4 is 10.1 Å². The zero-order chi connectivity index (χ0) is 32.0. The molecule has 0 aromatic heterocycles. The number of hydrogen-bond donors (Lipinski definition) is 3. The number of carbonyl (C=O) groups excluding carboxylic acids is 2. The predicted octanol–water partition coefficient (Wildman–Crippen LogP) is 3.93. The third-order valence-electron chi connectivity index (χ3n) is 9.69. The summed E-state index contributed by atoms with van der Waals surface area (Å²) in [6.45, 7) is 4.30. The second kappa shape index (κ2) is 12.0. The molecule has 3 N–H and O–H groups in total. The first-order valence-corrected chi connectivity index (χ1v) is 15.5. The molecule has 244 valence electrons. The Balaban J connectivity index is 1.50. The molecule has 0 spiro atoms. The Kier molecular flexibility index (Phi) is 8.84. The monoisotopic (exact) mass is 624 g/mol. The number of amides is 3. The number of benzene rings is 1. The van der Waals surface area contributed by atoms with Crippen LogP contribution in [0.3, 0.4) is 0 Å². The van der Waals surface area contributed by atoms with E-state index in [1.165, 1.54) is 9.80 Å². The molecule has 5 rings (SSSR count). The number of nitrogens with one attached hydrogen (secondary N) is 1. The van der Waals surface area contributed by atoms with Crippen LogP contribution in [0.5, 0.6) is 5.75 Å². The smallest absolute Gasteiger partial charge is 0.418 e. The Morgan fingerprint density at radius 1 is 1.07 bits per heavy atom. The molecular formula is C31H43F3N4O6. The van der Waals surface area contributed by atoms with Gasteiger partial charge in [0, 0.05) is 49.6 Å². The number of piperazine rings is 1. The van der Waals surface area contributed by atoms with Gasteiger partial charge in [0.1, 0.15) is 17.8 Å². The minimum atomic E-state index is -4.89. The number of carboxylic acid groups (broad SMARTS) is 1. The summed E-state index contributed by atoms with van der Waals surface area (Å²) >= 11 is 0. The van der Waals surface area contributed by atoms with E-state index >= 15 is 0 Å². The third kappa shape index (κ3) is 6.22. The van der Waals surface area contributed by atoms with Crippen LogP contribution in [0.15, 0.2) is 24.3 Å². The highest BCUT2D eigenvalue weighted by atomic mass is 19.4. The number of carbonyl (C=O) groups is 3. The van der Waals surface area contributed by atoms with Crippen LogP contribution >= 0.6 is 0 Å². The molecule has 0 unspecified atom stereocenters. The van der Waals surface area contributed by atoms with E-state index in [0.717, 1.165) is 29.7 Å². The fourth-order valence-corrected chi connectivity index (χ4v) is 7.52. The molecule has 10 nitrogen and oxygen atoms in total. The molecule has 1 aromatic carbocycles. The Morgan fingerprint density at radius 3 is 2.39 bits per heavy atom. The summed E-state index contributed by atoms with van der Waals surface area (Å²) in [5.74, 6) is -0.800. The van der Waals surface area contributed by atoms with Crippen molar-refractivity contribution in [1.82, 2.24) is 20.0 Å². The molecule has 44 heavy (non-hydrogen) atoms. The molecular weight excluding hydrogens is 581 g/mol. The van der Waals surface area contributed by atoms with Gasteiger partial charge in [0.2, 0.25) is 11.8 Å². The Morgan fingerprint density at radius 2 is 1.75 bits per heavy atom. The van der Waals surface area contributed by atoms with Gasteiger partial charge in [0.25, 0.3) is 0 Å². The van der Waals surface area contributed by atoms with Gasteiger partial charge in [0.05, 0.1) is 12.6 Å². The summed E-state index contributed by atoms with van der Waals surface area (Å²) in [4.78, 5) is 45.3. The zero-order valence-electron chi connectivity index (χ0n) is 25.5. The van der Waals surface area contributed by atoms with E-state index in [1.54, 1.807) is 26.8 Å². The summed E-state index contributed by atoms with van der Waals surface area (Å²) < 4.78 is 47.5. The van der Waals surface area contributed by atoms with Crippen LogP contribution in [0.4, 0.5) is 18.0 Å². The Hall–Kier alpha value is -3.06. The van der Waals surface area contributed by atoms with Gasteiger partial charge in [0.15, 0.2) is 5.60 Å². The van der Waals surface area contributed by atoms with Crippen molar-refractivity contribution >= 4 is 17.9 Å². The van der Waals surface area contributed by atoms with Crippen molar-refractivity contribution in [3.63, 3.8) is 0 Å². The van der Waals surface area contributed by atoms with E-state index in [1.807, 2.05) is 18.2 Å². The van der Waals surface area contributed by atoms with Gasteiger partial charge in [-0.15, -0.1) is 0 Å². The molecule has 1 aromatic rings. The molecule has 13 heteroatoms. The van der Waals surface area contributed by atoms with Crippen molar-refractivity contribution in [3.8, 4) is 5.75 Å². The normalized spacial score (nSPS) is 28.8. The first-order chi connectivity index (χ1) is 20.6. The highest BCUT2D eigenvalue weighted by molar-refractivity contribution is 5.92. The minimum absolute atomic E-state index is 0.217. The average molecular weight is 625 g/mol. The first kappa shape index (κ1) is 32.3. The Labute approximate surface area is 255 Å². The van der Waals surface area contributed by atoms with Crippen molar-refractivity contribution in [2.24, 2.45) is 5.92 Å². The standard InChI is InChI=1S/C31H43F3N4O6/c1-29(2,3)38(28(41)42)25(19-9-5-4-6-10-19)27(40)37-16-20-15-30(43,31(32,33)34)18-36(20)17-23(37)26(39)35-22-13-14-44-24-12-8-7-11-21(22)24/h7-8,11-12,19-20,22-23,25,43H,4-6,9-10,13-18H2,1-3H3,(H,35,39)(H,41,42)/t20-,22-,23+,25+,30-/m1/s1. The number of fused-ring (bicyclic) bond motifs is 2. The van der Waals surface area contributed by atoms with Crippen molar-refractivity contribution in [3.05, 3.63) is 29.8 Å². The summed E-state index contributed by atoms with van der Waals surface area (Å²) in [6, 6.07) is 3.67. The van der Waals surface area contributed by atoms with Crippen LogP contribution in [-0.2, 0) is 9.59 Å². The highest BCUT2D eigenvalue weighted by Gasteiger charge is 2.62. The van der Waals surface area contributed by atoms with Crippen molar-refractivity contribution in [2.45, 2.75) is 107 Å². The lowest BCUT2D eigenvalue weighted by molar-refractivity contribution is -0.254. The second-order valence-corrected chi connectivity index (χ2v) is 13.7. The maximum absolute atomic E-state index is 14.7. The topological polar surface area (TPSA) is 123 Å². The average Bonchev–Trinajstić information content (AvgIpc) is 3.31. The SMILES string of the molecule is CC(C)(C)N(C(=O)O)[C@H](C(=O)N1C[C@H]2C[C@](O)(C(F)(F)F)CN2C[C@H]1C(=O)N[C@@H]1CCOc2ccccc21)C1CCCCC1. The molecule has 3 fully saturated rings. The van der Waals surface area contributed by atoms with Crippen LogP contribution in [0.2, 0.25) is 0 Å². The van der Waals surface area contributed by atoms with Crippen molar-refractivity contribution < 1.29 is 42.5 Å². The summed E-state index contributed by atoms with van der Waals surface area (Å²) in [5.41, 5.74) is -3.17. The van der Waals surface area contributed by atoms with E-state index in [0.29, 0.717) is 31.6 Å². The van der Waals surface area contributed by atoms with Gasteiger partial charge in [-0.25, -0.2) is 4.79 Å². The zero-order valence-corrected chi connectivity index (χ0v) is 25.5. The maximum Gasteiger partial charge on any atom is 0.418 e. The predicted molar refractivity (Wildman–Crippen MR) is 154 cm³/mol. The first-order valence-electron chi connectivity index (χ1n) is 15.5. The molecule has 3 amide bonds. The maximum atomic E-state index is 14.7. The van der Waals surface area contributed by atoms with Crippen LogP contribution in [0, 0.1) is 5.92 Å². The van der Waals surface area contributed by atoms with Gasteiger partial charge >= 0.3 is 12.3 Å². The number of para-hydroxylation sites is 1. The number of nitrogens with zero attached hydrogens (tertiary/aromatic N) is 3. The lowest BCUT2D eigenvalue weighted by Gasteiger charge is -2.48. The van der Waals surface area contributed by atoms with Crippen LogP contribution in [0.25, 0.3) is 0 Å². The van der Waals surface area contributed by atoms with Gasteiger partial charge < -0.3 is 25.2 Å². The van der Waals surface area contributed by atoms with E-state index in [9.17, 15) is 37.8 Å². The Bertz CT molecular complexity index is 1250. The number of aliphatic hydroxyl groups is 1. The van der Waals surface area contributed by atoms with Crippen LogP contribution in [0.1, 0.15) is 77.3 Å². The van der Waals surface area contributed by atoms with E-state index < -0.39 is 72.4 Å². The molecule has 0 bridgehead atoms. The number of rotatable bonds is 5. The molecule has 3 aliphatic heterocycles. The van der Waals surface area contributed by atoms with Gasteiger partial charge in [-0.1, -0.05) is 37.5 Å². The molecule has 1 saturated carbocycles. The highest BCUT2D eigenvalue weighted by Crippen LogP contribution is 2.43. The van der Waals surface area contributed by atoms with Gasteiger partial charge in [-0.3, -0.25) is 19.4 Å². The van der Waals surface area contributed by atoms with Crippen molar-refractivity contribution in [2.75, 3.05) is 26.2 Å². The molecule has 5 atom stereocenters. The molecule has 2 saturated heterocycles. The summed E-state index contributed by atoms with van der Waals surface area (Å²) in [7, 11) is 0. The molecule has 3 heterocycles. The number of halogens is 3. The number of alkyl halides is 3. The number of ether oxygens (including phenoxy) is 1. The van der Waals surface area contributed by atoms with E-state index in [-0.39, 0.29) is 19.0 Å². The van der Waals surface area contributed by atoms with E-state index in [2.05, 4.69) is 5.32 Å².